The van der Waals surface area contributed by atoms with Crippen LogP contribution in [0.2, 0.25) is 0 Å². The highest BCUT2D eigenvalue weighted by Gasteiger charge is 2.24. The van der Waals surface area contributed by atoms with Crippen molar-refractivity contribution in [3.63, 3.8) is 0 Å². The van der Waals surface area contributed by atoms with Crippen molar-refractivity contribution in [2.24, 2.45) is 0 Å². The lowest BCUT2D eigenvalue weighted by Crippen LogP contribution is -2.05. The summed E-state index contributed by atoms with van der Waals surface area (Å²) in [6.45, 7) is 0. The van der Waals surface area contributed by atoms with Gasteiger partial charge in [-0.1, -0.05) is 139 Å². The Morgan fingerprint density at radius 2 is 1.07 bits per heavy atom. The van der Waals surface area contributed by atoms with Gasteiger partial charge in [0.05, 0.1) is 24.9 Å². The van der Waals surface area contributed by atoms with E-state index in [9.17, 15) is 1.37 Å². The molecular weight excluding hydrogens is 701 g/mol. The average molecular weight is 737 g/mol. The standard InChI is InChI=1S/C51H30N4O2/c1-2-14-31(15-3-1)49-52-50(32-28-29-37-35-18-6-10-26-44(35)56-46(37)30-32)54-51(53-49)41-23-12-20-38(40-22-13-21-39-36-19-7-11-27-45(36)57-48(39)40)47(41)55-42-24-8-4-16-33(42)34-17-5-9-25-43(34)55/h1-30H/i7D,13D,19D,21D,22D,27D. The molecule has 0 saturated carbocycles. The maximum Gasteiger partial charge on any atom is 0.166 e. The summed E-state index contributed by atoms with van der Waals surface area (Å²) in [5, 5.41) is 4.13. The van der Waals surface area contributed by atoms with E-state index in [-0.39, 0.29) is 63.8 Å². The molecule has 0 bridgehead atoms. The van der Waals surface area contributed by atoms with Crippen molar-refractivity contribution in [2.75, 3.05) is 0 Å². The summed E-state index contributed by atoms with van der Waals surface area (Å²) in [5.41, 5.74) is 6.56. The molecule has 0 radical (unpaired) electrons. The van der Waals surface area contributed by atoms with E-state index < -0.39 is 0 Å². The smallest absolute Gasteiger partial charge is 0.166 e. The number of rotatable bonds is 5. The molecule has 0 N–H and O–H groups in total. The molecule has 266 valence electrons. The Morgan fingerprint density at radius 1 is 0.404 bits per heavy atom. The Labute approximate surface area is 334 Å². The Balaban J connectivity index is 1.22. The van der Waals surface area contributed by atoms with Crippen LogP contribution >= 0.6 is 0 Å². The van der Waals surface area contributed by atoms with Gasteiger partial charge < -0.3 is 13.4 Å². The van der Waals surface area contributed by atoms with Crippen LogP contribution in [0.25, 0.3) is 117 Å². The van der Waals surface area contributed by atoms with Crippen LogP contribution in [0.1, 0.15) is 8.22 Å². The number of para-hydroxylation sites is 6. The first kappa shape index (κ1) is 26.1. The summed E-state index contributed by atoms with van der Waals surface area (Å²) in [4.78, 5) is 15.4. The van der Waals surface area contributed by atoms with Crippen LogP contribution in [0.5, 0.6) is 0 Å². The number of aromatic nitrogens is 4. The number of fused-ring (bicyclic) bond motifs is 9. The second kappa shape index (κ2) is 12.3. The van der Waals surface area contributed by atoms with E-state index in [4.69, 9.17) is 30.6 Å². The van der Waals surface area contributed by atoms with Gasteiger partial charge in [-0.25, -0.2) is 15.0 Å². The number of hydrogen-bond acceptors (Lipinski definition) is 5. The van der Waals surface area contributed by atoms with Gasteiger partial charge in [0.2, 0.25) is 0 Å². The molecule has 0 atom stereocenters. The summed E-state index contributed by atoms with van der Waals surface area (Å²) in [6.07, 6.45) is 0. The second-order valence-corrected chi connectivity index (χ2v) is 13.9. The van der Waals surface area contributed by atoms with Crippen LogP contribution < -0.4 is 0 Å². The molecule has 0 aliphatic carbocycles. The van der Waals surface area contributed by atoms with Crippen LogP contribution in [0, 0.1) is 0 Å². The summed E-state index contributed by atoms with van der Waals surface area (Å²) >= 11 is 0. The van der Waals surface area contributed by atoms with Crippen molar-refractivity contribution in [2.45, 2.75) is 0 Å². The van der Waals surface area contributed by atoms with E-state index >= 15 is 0 Å². The molecule has 8 aromatic carbocycles. The molecule has 12 aromatic rings. The van der Waals surface area contributed by atoms with Gasteiger partial charge in [-0.3, -0.25) is 0 Å². The normalized spacial score (nSPS) is 13.3. The lowest BCUT2D eigenvalue weighted by Gasteiger charge is -2.19. The van der Waals surface area contributed by atoms with Gasteiger partial charge in [-0.05, 0) is 42.4 Å². The Bertz CT molecular complexity index is 3840. The van der Waals surface area contributed by atoms with Gasteiger partial charge in [0.15, 0.2) is 17.5 Å². The van der Waals surface area contributed by atoms with Crippen molar-refractivity contribution in [1.29, 1.82) is 0 Å². The monoisotopic (exact) mass is 736 g/mol. The van der Waals surface area contributed by atoms with Crippen LogP contribution in [0.3, 0.4) is 0 Å². The van der Waals surface area contributed by atoms with E-state index in [0.717, 1.165) is 43.7 Å². The van der Waals surface area contributed by atoms with Crippen molar-refractivity contribution < 1.29 is 17.1 Å². The molecule has 4 aromatic heterocycles. The fourth-order valence-electron chi connectivity index (χ4n) is 8.10. The van der Waals surface area contributed by atoms with E-state index in [1.54, 1.807) is 0 Å². The Morgan fingerprint density at radius 3 is 1.89 bits per heavy atom. The molecule has 0 saturated heterocycles. The molecule has 0 aliphatic heterocycles. The maximum absolute atomic E-state index is 9.54. The molecule has 6 nitrogen and oxygen atoms in total. The average Bonchev–Trinajstić information content (AvgIpc) is 4.01. The minimum atomic E-state index is -0.380. The Kier molecular flexibility index (Phi) is 5.64. The van der Waals surface area contributed by atoms with Gasteiger partial charge in [-0.2, -0.15) is 0 Å². The third kappa shape index (κ3) is 4.87. The van der Waals surface area contributed by atoms with E-state index in [2.05, 4.69) is 16.7 Å². The van der Waals surface area contributed by atoms with Gasteiger partial charge in [0, 0.05) is 60.1 Å². The highest BCUT2D eigenvalue weighted by atomic mass is 16.3. The van der Waals surface area contributed by atoms with Crippen molar-refractivity contribution in [3.05, 3.63) is 182 Å². The SMILES string of the molecule is [2H]c1cc([2H])c2oc3c(-c4cccc(-c5nc(-c6ccccc6)nc(-c6ccc7c(c6)oc6ccccc67)n5)c4-n4c5ccccc5c5ccccc54)c([2H])c([2H])c([2H])c3c2c1[2H]. The van der Waals surface area contributed by atoms with Crippen LogP contribution in [-0.4, -0.2) is 19.5 Å². The molecule has 0 aliphatic rings. The lowest BCUT2D eigenvalue weighted by molar-refractivity contribution is 0.669. The van der Waals surface area contributed by atoms with Crippen LogP contribution in [-0.2, 0) is 0 Å². The predicted octanol–water partition coefficient (Wildman–Crippen LogP) is 13.4. The lowest BCUT2D eigenvalue weighted by atomic mass is 9.97. The number of benzene rings is 8. The first-order valence-electron chi connectivity index (χ1n) is 21.5. The molecule has 6 heteroatoms. The third-order valence-electron chi connectivity index (χ3n) is 10.6. The molecule has 0 spiro atoms. The second-order valence-electron chi connectivity index (χ2n) is 13.9. The molecule has 0 fully saturated rings. The van der Waals surface area contributed by atoms with E-state index in [0.29, 0.717) is 45.4 Å². The van der Waals surface area contributed by atoms with Crippen molar-refractivity contribution in [1.82, 2.24) is 19.5 Å². The minimum absolute atomic E-state index is 0.0105. The van der Waals surface area contributed by atoms with Crippen LogP contribution in [0.15, 0.2) is 191 Å². The van der Waals surface area contributed by atoms with Gasteiger partial charge in [-0.15, -0.1) is 0 Å². The molecule has 0 amide bonds. The summed E-state index contributed by atoms with van der Waals surface area (Å²) < 4.78 is 68.7. The van der Waals surface area contributed by atoms with Gasteiger partial charge >= 0.3 is 0 Å². The zero-order valence-corrected chi connectivity index (χ0v) is 30.0. The van der Waals surface area contributed by atoms with Gasteiger partial charge in [0.1, 0.15) is 22.3 Å². The summed E-state index contributed by atoms with van der Waals surface area (Å²) in [6, 6.07) is 45.0. The highest BCUT2D eigenvalue weighted by Crippen LogP contribution is 2.44. The summed E-state index contributed by atoms with van der Waals surface area (Å²) in [7, 11) is 0. The number of furan rings is 2. The predicted molar refractivity (Wildman–Crippen MR) is 230 cm³/mol. The quantitative estimate of drug-likeness (QED) is 0.176. The largest absolute Gasteiger partial charge is 0.456 e. The first-order valence-corrected chi connectivity index (χ1v) is 18.5. The third-order valence-corrected chi connectivity index (χ3v) is 10.6. The topological polar surface area (TPSA) is 69.9 Å². The molecule has 12 rings (SSSR count). The fourth-order valence-corrected chi connectivity index (χ4v) is 8.10. The Hall–Kier alpha value is -7.83. The highest BCUT2D eigenvalue weighted by molar-refractivity contribution is 6.13. The molecular formula is C51H30N4O2. The zero-order valence-electron chi connectivity index (χ0n) is 36.0. The van der Waals surface area contributed by atoms with Gasteiger partial charge in [0.25, 0.3) is 0 Å². The molecule has 57 heavy (non-hydrogen) atoms. The van der Waals surface area contributed by atoms with Crippen molar-refractivity contribution >= 4 is 65.7 Å². The minimum Gasteiger partial charge on any atom is -0.456 e. The molecule has 0 unspecified atom stereocenters. The number of hydrogen-bond donors (Lipinski definition) is 0. The fraction of sp³-hybridized carbons (Fsp3) is 0. The van der Waals surface area contributed by atoms with E-state index in [1.165, 1.54) is 6.07 Å². The zero-order chi connectivity index (χ0) is 42.7. The molecule has 4 heterocycles. The van der Waals surface area contributed by atoms with E-state index in [1.807, 2.05) is 127 Å². The maximum atomic E-state index is 9.54. The van der Waals surface area contributed by atoms with Crippen LogP contribution in [0.4, 0.5) is 0 Å². The first-order chi connectivity index (χ1) is 30.7. The summed E-state index contributed by atoms with van der Waals surface area (Å²) in [5.74, 6) is 1.17. The van der Waals surface area contributed by atoms with Crippen molar-refractivity contribution in [3.8, 4) is 51.0 Å². The number of nitrogens with zero attached hydrogens (tertiary/aromatic N) is 4.